The Kier molecular flexibility index (Phi) is 3.04. The van der Waals surface area contributed by atoms with E-state index in [9.17, 15) is 4.79 Å². The van der Waals surface area contributed by atoms with Crippen LogP contribution >= 0.6 is 11.8 Å². The van der Waals surface area contributed by atoms with Crippen LogP contribution < -0.4 is 0 Å². The largest absolute Gasteiger partial charge is 0.327 e. The molecule has 0 radical (unpaired) electrons. The van der Waals surface area contributed by atoms with Gasteiger partial charge in [0.05, 0.1) is 4.87 Å². The maximum absolute atomic E-state index is 11.3. The minimum absolute atomic E-state index is 0.117. The first kappa shape index (κ1) is 9.90. The first-order valence-corrected chi connectivity index (χ1v) is 5.57. The summed E-state index contributed by atoms with van der Waals surface area (Å²) in [6.07, 6.45) is 2.13. The second kappa shape index (κ2) is 3.69. The second-order valence-corrected chi connectivity index (χ2v) is 4.63. The number of amides is 1. The fourth-order valence-electron chi connectivity index (χ4n) is 1.89. The Morgan fingerprint density at radius 3 is 2.42 bits per heavy atom. The summed E-state index contributed by atoms with van der Waals surface area (Å²) in [6, 6.07) is 0. The average molecular weight is 187 g/mol. The molecule has 0 aromatic rings. The lowest BCUT2D eigenvalue weighted by Gasteiger charge is -2.35. The van der Waals surface area contributed by atoms with Crippen molar-refractivity contribution >= 4 is 17.7 Å². The van der Waals surface area contributed by atoms with Crippen molar-refractivity contribution in [3.05, 3.63) is 0 Å². The van der Waals surface area contributed by atoms with Crippen LogP contribution in [0.5, 0.6) is 0 Å². The average Bonchev–Trinajstić information content (AvgIpc) is 2.48. The van der Waals surface area contributed by atoms with Crippen LogP contribution in [0, 0.1) is 0 Å². The third-order valence-electron chi connectivity index (χ3n) is 2.66. The van der Waals surface area contributed by atoms with Gasteiger partial charge in [-0.25, -0.2) is 0 Å². The molecular weight excluding hydrogens is 170 g/mol. The molecule has 1 aliphatic heterocycles. The number of carbonyl (C=O) groups is 1. The number of thioether (sulfide) groups is 1. The molecule has 1 saturated heterocycles. The van der Waals surface area contributed by atoms with Gasteiger partial charge in [-0.1, -0.05) is 13.8 Å². The quantitative estimate of drug-likeness (QED) is 0.660. The Morgan fingerprint density at radius 1 is 1.50 bits per heavy atom. The highest BCUT2D eigenvalue weighted by Gasteiger charge is 2.39. The van der Waals surface area contributed by atoms with E-state index in [-0.39, 0.29) is 10.8 Å². The molecule has 0 aromatic carbocycles. The number of nitrogens with zero attached hydrogens (tertiary/aromatic N) is 1. The zero-order valence-corrected chi connectivity index (χ0v) is 8.91. The maximum Gasteiger partial charge on any atom is 0.220 e. The second-order valence-electron chi connectivity index (χ2n) is 3.17. The van der Waals surface area contributed by atoms with Gasteiger partial charge in [0.1, 0.15) is 0 Å². The van der Waals surface area contributed by atoms with Crippen molar-refractivity contribution in [2.24, 2.45) is 0 Å². The van der Waals surface area contributed by atoms with E-state index < -0.39 is 0 Å². The van der Waals surface area contributed by atoms with Gasteiger partial charge in [-0.05, 0) is 12.8 Å². The number of hydrogen-bond acceptors (Lipinski definition) is 2. The Bertz CT molecular complexity index is 177. The standard InChI is InChI=1S/C9H17NOS/c1-4-9(5-2)10(8(3)11)6-7-12-9/h4-7H2,1-3H3. The molecule has 1 heterocycles. The van der Waals surface area contributed by atoms with Gasteiger partial charge in [-0.15, -0.1) is 11.8 Å². The normalized spacial score (nSPS) is 21.4. The molecule has 0 atom stereocenters. The Balaban J connectivity index is 2.78. The van der Waals surface area contributed by atoms with Crippen molar-refractivity contribution in [3.8, 4) is 0 Å². The third kappa shape index (κ3) is 1.47. The van der Waals surface area contributed by atoms with E-state index in [4.69, 9.17) is 0 Å². The highest BCUT2D eigenvalue weighted by atomic mass is 32.2. The first-order chi connectivity index (χ1) is 5.66. The van der Waals surface area contributed by atoms with Gasteiger partial charge in [0.25, 0.3) is 0 Å². The number of rotatable bonds is 2. The number of carbonyl (C=O) groups excluding carboxylic acids is 1. The molecule has 1 amide bonds. The van der Waals surface area contributed by atoms with Crippen LogP contribution in [0.1, 0.15) is 33.6 Å². The summed E-state index contributed by atoms with van der Waals surface area (Å²) in [5, 5.41) is 0. The fraction of sp³-hybridized carbons (Fsp3) is 0.889. The van der Waals surface area contributed by atoms with Crippen LogP contribution in [-0.4, -0.2) is 28.0 Å². The van der Waals surface area contributed by atoms with Crippen LogP contribution in [-0.2, 0) is 4.79 Å². The highest BCUT2D eigenvalue weighted by Crippen LogP contribution is 2.41. The van der Waals surface area contributed by atoms with Gasteiger partial charge in [0, 0.05) is 19.2 Å². The molecule has 0 N–H and O–H groups in total. The van der Waals surface area contributed by atoms with E-state index in [1.807, 2.05) is 16.7 Å². The lowest BCUT2D eigenvalue weighted by Crippen LogP contribution is -2.43. The molecule has 0 bridgehead atoms. The molecule has 0 aliphatic carbocycles. The molecule has 12 heavy (non-hydrogen) atoms. The lowest BCUT2D eigenvalue weighted by molar-refractivity contribution is -0.131. The van der Waals surface area contributed by atoms with E-state index in [1.54, 1.807) is 6.92 Å². The van der Waals surface area contributed by atoms with E-state index in [1.165, 1.54) is 0 Å². The summed E-state index contributed by atoms with van der Waals surface area (Å²) >= 11 is 1.93. The fourth-order valence-corrected chi connectivity index (χ4v) is 3.33. The molecule has 0 unspecified atom stereocenters. The SMILES string of the molecule is CCC1(CC)SCCN1C(C)=O. The summed E-state index contributed by atoms with van der Waals surface area (Å²) in [7, 11) is 0. The summed E-state index contributed by atoms with van der Waals surface area (Å²) in [5.74, 6) is 1.32. The molecule has 3 heteroatoms. The van der Waals surface area contributed by atoms with E-state index in [0.717, 1.165) is 25.1 Å². The first-order valence-electron chi connectivity index (χ1n) is 4.58. The van der Waals surface area contributed by atoms with E-state index >= 15 is 0 Å². The van der Waals surface area contributed by atoms with Crippen LogP contribution in [0.4, 0.5) is 0 Å². The summed E-state index contributed by atoms with van der Waals surface area (Å²) < 4.78 is 0. The van der Waals surface area contributed by atoms with Crippen LogP contribution in [0.15, 0.2) is 0 Å². The van der Waals surface area contributed by atoms with Crippen LogP contribution in [0.25, 0.3) is 0 Å². The lowest BCUT2D eigenvalue weighted by atomic mass is 10.1. The Morgan fingerprint density at radius 2 is 2.08 bits per heavy atom. The molecule has 1 rings (SSSR count). The van der Waals surface area contributed by atoms with Gasteiger partial charge < -0.3 is 4.90 Å². The van der Waals surface area contributed by atoms with Crippen LogP contribution in [0.2, 0.25) is 0 Å². The Hall–Kier alpha value is -0.180. The molecule has 0 spiro atoms. The predicted octanol–water partition coefficient (Wildman–Crippen LogP) is 2.10. The Labute approximate surface area is 78.7 Å². The zero-order valence-electron chi connectivity index (χ0n) is 8.09. The molecule has 70 valence electrons. The number of hydrogen-bond donors (Lipinski definition) is 0. The predicted molar refractivity (Wildman–Crippen MR) is 53.2 cm³/mol. The van der Waals surface area contributed by atoms with Gasteiger partial charge in [0.15, 0.2) is 0 Å². The molecule has 0 aromatic heterocycles. The van der Waals surface area contributed by atoms with Gasteiger partial charge in [-0.2, -0.15) is 0 Å². The minimum Gasteiger partial charge on any atom is -0.327 e. The molecular formula is C9H17NOS. The smallest absolute Gasteiger partial charge is 0.220 e. The van der Waals surface area contributed by atoms with Gasteiger partial charge >= 0.3 is 0 Å². The third-order valence-corrected chi connectivity index (χ3v) is 4.38. The minimum atomic E-state index is 0.117. The van der Waals surface area contributed by atoms with Gasteiger partial charge in [-0.3, -0.25) is 4.79 Å². The van der Waals surface area contributed by atoms with Crippen molar-refractivity contribution in [1.82, 2.24) is 4.90 Å². The van der Waals surface area contributed by atoms with Crippen LogP contribution in [0.3, 0.4) is 0 Å². The molecule has 2 nitrogen and oxygen atoms in total. The molecule has 0 saturated carbocycles. The van der Waals surface area contributed by atoms with Crippen molar-refractivity contribution < 1.29 is 4.79 Å². The molecule has 1 fully saturated rings. The summed E-state index contributed by atoms with van der Waals surface area (Å²) in [4.78, 5) is 13.4. The monoisotopic (exact) mass is 187 g/mol. The van der Waals surface area contributed by atoms with E-state index in [2.05, 4.69) is 13.8 Å². The summed E-state index contributed by atoms with van der Waals surface area (Å²) in [6.45, 7) is 6.93. The van der Waals surface area contributed by atoms with Gasteiger partial charge in [0.2, 0.25) is 5.91 Å². The van der Waals surface area contributed by atoms with Crippen molar-refractivity contribution in [2.75, 3.05) is 12.3 Å². The van der Waals surface area contributed by atoms with Crippen molar-refractivity contribution in [3.63, 3.8) is 0 Å². The van der Waals surface area contributed by atoms with Crippen molar-refractivity contribution in [1.29, 1.82) is 0 Å². The topological polar surface area (TPSA) is 20.3 Å². The zero-order chi connectivity index (χ0) is 9.19. The highest BCUT2D eigenvalue weighted by molar-refractivity contribution is 8.00. The van der Waals surface area contributed by atoms with E-state index in [0.29, 0.717) is 0 Å². The maximum atomic E-state index is 11.3. The summed E-state index contributed by atoms with van der Waals surface area (Å²) in [5.41, 5.74) is 0. The van der Waals surface area contributed by atoms with Crippen molar-refractivity contribution in [2.45, 2.75) is 38.5 Å². The molecule has 1 aliphatic rings.